The highest BCUT2D eigenvalue weighted by atomic mass is 16.6. The zero-order chi connectivity index (χ0) is 15.0. The highest BCUT2D eigenvalue weighted by Crippen LogP contribution is 2.21. The van der Waals surface area contributed by atoms with Crippen LogP contribution in [0.5, 0.6) is 0 Å². The molecular weight excluding hydrogens is 258 g/mol. The van der Waals surface area contributed by atoms with Gasteiger partial charge in [0.05, 0.1) is 0 Å². The molecule has 0 amide bonds. The minimum atomic E-state index is -0.947. The number of carboxylic acids is 1. The number of cyclic esters (lactones) is 1. The Bertz CT molecular complexity index is 319. The molecule has 20 heavy (non-hydrogen) atoms. The molecular formula is C15H27NO4. The molecule has 0 aliphatic carbocycles. The van der Waals surface area contributed by atoms with Crippen molar-refractivity contribution in [3.63, 3.8) is 0 Å². The number of carbonyl (C=O) groups is 2. The third-order valence-corrected chi connectivity index (χ3v) is 3.77. The largest absolute Gasteiger partial charge is 0.480 e. The minimum absolute atomic E-state index is 0.0489. The van der Waals surface area contributed by atoms with Crippen LogP contribution in [0.3, 0.4) is 0 Å². The molecule has 2 unspecified atom stereocenters. The number of nitrogens with one attached hydrogen (secondary N) is 1. The zero-order valence-corrected chi connectivity index (χ0v) is 12.6. The number of hydrogen-bond donors (Lipinski definition) is 2. The van der Waals surface area contributed by atoms with Crippen molar-refractivity contribution in [2.45, 2.75) is 83.4 Å². The number of unbranched alkanes of at least 4 members (excludes halogenated alkanes) is 5. The van der Waals surface area contributed by atoms with Crippen LogP contribution in [0.1, 0.15) is 65.2 Å². The topological polar surface area (TPSA) is 75.6 Å². The molecule has 0 aromatic rings. The lowest BCUT2D eigenvalue weighted by molar-refractivity contribution is -0.144. The van der Waals surface area contributed by atoms with Gasteiger partial charge in [0.15, 0.2) is 0 Å². The molecule has 0 bridgehead atoms. The second-order valence-electron chi connectivity index (χ2n) is 5.63. The van der Waals surface area contributed by atoms with E-state index < -0.39 is 18.1 Å². The molecule has 1 aliphatic heterocycles. The van der Waals surface area contributed by atoms with E-state index in [0.717, 1.165) is 12.8 Å². The van der Waals surface area contributed by atoms with Crippen molar-refractivity contribution in [3.8, 4) is 0 Å². The maximum Gasteiger partial charge on any atom is 0.323 e. The molecule has 1 fully saturated rings. The Kier molecular flexibility index (Phi) is 7.59. The Labute approximate surface area is 121 Å². The second-order valence-corrected chi connectivity index (χ2v) is 5.63. The molecule has 2 N–H and O–H groups in total. The molecule has 116 valence electrons. The first-order valence-electron chi connectivity index (χ1n) is 7.74. The van der Waals surface area contributed by atoms with Crippen molar-refractivity contribution in [1.29, 1.82) is 0 Å². The Morgan fingerprint density at radius 1 is 1.35 bits per heavy atom. The lowest BCUT2D eigenvalue weighted by Crippen LogP contribution is -2.43. The van der Waals surface area contributed by atoms with Crippen LogP contribution in [0, 0.1) is 0 Å². The number of esters is 1. The first-order chi connectivity index (χ1) is 9.54. The summed E-state index contributed by atoms with van der Waals surface area (Å²) in [6, 6.07) is -1.19. The van der Waals surface area contributed by atoms with Crippen LogP contribution in [0.15, 0.2) is 0 Å². The van der Waals surface area contributed by atoms with Gasteiger partial charge >= 0.3 is 11.9 Å². The summed E-state index contributed by atoms with van der Waals surface area (Å²) >= 11 is 0. The zero-order valence-electron chi connectivity index (χ0n) is 12.6. The lowest BCUT2D eigenvalue weighted by Gasteiger charge is -2.12. The van der Waals surface area contributed by atoms with E-state index in [-0.39, 0.29) is 12.1 Å². The highest BCUT2D eigenvalue weighted by molar-refractivity contribution is 5.80. The first-order valence-corrected chi connectivity index (χ1v) is 7.74. The summed E-state index contributed by atoms with van der Waals surface area (Å²) in [4.78, 5) is 22.4. The van der Waals surface area contributed by atoms with Crippen molar-refractivity contribution in [3.05, 3.63) is 0 Å². The Morgan fingerprint density at radius 2 is 2.00 bits per heavy atom. The fourth-order valence-electron chi connectivity index (χ4n) is 2.49. The standard InChI is InChI=1S/C15H27NO4/c1-3-4-5-6-7-8-9-12-10-13(15(19)20-12)16-11(2)14(17)18/h11-13,16H,3-10H2,1-2H3,(H,17,18)/t11-,12?,13?/m0/s1. The number of hydrogen-bond acceptors (Lipinski definition) is 4. The number of aliphatic carboxylic acids is 1. The maximum absolute atomic E-state index is 11.6. The molecule has 0 spiro atoms. The minimum Gasteiger partial charge on any atom is -0.480 e. The van der Waals surface area contributed by atoms with Gasteiger partial charge in [-0.05, 0) is 19.8 Å². The van der Waals surface area contributed by atoms with Gasteiger partial charge in [0.2, 0.25) is 0 Å². The Balaban J connectivity index is 2.17. The summed E-state index contributed by atoms with van der Waals surface area (Å²) in [7, 11) is 0. The molecule has 0 saturated carbocycles. The van der Waals surface area contributed by atoms with Crippen molar-refractivity contribution in [1.82, 2.24) is 5.32 Å². The van der Waals surface area contributed by atoms with Crippen molar-refractivity contribution in [2.75, 3.05) is 0 Å². The lowest BCUT2D eigenvalue weighted by atomic mass is 10.0. The van der Waals surface area contributed by atoms with Gasteiger partial charge in [0, 0.05) is 6.42 Å². The van der Waals surface area contributed by atoms with E-state index in [1.54, 1.807) is 0 Å². The van der Waals surface area contributed by atoms with E-state index in [1.165, 1.54) is 39.0 Å². The molecule has 1 aliphatic rings. The Hall–Kier alpha value is -1.10. The van der Waals surface area contributed by atoms with E-state index in [2.05, 4.69) is 12.2 Å². The molecule has 1 saturated heterocycles. The summed E-state index contributed by atoms with van der Waals surface area (Å²) < 4.78 is 5.29. The van der Waals surface area contributed by atoms with Crippen LogP contribution in [0.4, 0.5) is 0 Å². The van der Waals surface area contributed by atoms with E-state index in [1.807, 2.05) is 0 Å². The average Bonchev–Trinajstić information content (AvgIpc) is 2.74. The number of carboxylic acid groups (broad SMARTS) is 1. The molecule has 0 aromatic carbocycles. The number of rotatable bonds is 10. The third kappa shape index (κ3) is 5.90. The van der Waals surface area contributed by atoms with Crippen LogP contribution in [-0.4, -0.2) is 35.2 Å². The predicted octanol–water partition coefficient (Wildman–Crippen LogP) is 2.48. The third-order valence-electron chi connectivity index (χ3n) is 3.77. The van der Waals surface area contributed by atoms with Crippen molar-refractivity contribution < 1.29 is 19.4 Å². The summed E-state index contributed by atoms with van der Waals surface area (Å²) in [5.74, 6) is -1.26. The van der Waals surface area contributed by atoms with Gasteiger partial charge in [-0.3, -0.25) is 14.9 Å². The predicted molar refractivity (Wildman–Crippen MR) is 76.5 cm³/mol. The monoisotopic (exact) mass is 285 g/mol. The van der Waals surface area contributed by atoms with Crippen LogP contribution in [0.25, 0.3) is 0 Å². The van der Waals surface area contributed by atoms with Gasteiger partial charge < -0.3 is 9.84 Å². The maximum atomic E-state index is 11.6. The smallest absolute Gasteiger partial charge is 0.323 e. The first kappa shape index (κ1) is 17.0. The summed E-state index contributed by atoms with van der Waals surface area (Å²) in [5, 5.41) is 11.6. The summed E-state index contributed by atoms with van der Waals surface area (Å²) in [6.45, 7) is 3.74. The molecule has 5 nitrogen and oxygen atoms in total. The fraction of sp³-hybridized carbons (Fsp3) is 0.867. The quantitative estimate of drug-likeness (QED) is 0.476. The van der Waals surface area contributed by atoms with Crippen LogP contribution >= 0.6 is 0 Å². The molecule has 3 atom stereocenters. The molecule has 0 radical (unpaired) electrons. The van der Waals surface area contributed by atoms with Gasteiger partial charge in [0.1, 0.15) is 18.2 Å². The SMILES string of the molecule is CCCCCCCCC1CC(N[C@@H](C)C(=O)O)C(=O)O1. The number of carbonyl (C=O) groups excluding carboxylic acids is 1. The van der Waals surface area contributed by atoms with Crippen molar-refractivity contribution >= 4 is 11.9 Å². The van der Waals surface area contributed by atoms with Gasteiger partial charge in [-0.25, -0.2) is 0 Å². The van der Waals surface area contributed by atoms with Gasteiger partial charge in [-0.2, -0.15) is 0 Å². The summed E-state index contributed by atoms with van der Waals surface area (Å²) in [5.41, 5.74) is 0. The molecule has 1 rings (SSSR count). The van der Waals surface area contributed by atoms with E-state index >= 15 is 0 Å². The molecule has 5 heteroatoms. The van der Waals surface area contributed by atoms with Crippen molar-refractivity contribution in [2.24, 2.45) is 0 Å². The second kappa shape index (κ2) is 8.95. The van der Waals surface area contributed by atoms with Crippen LogP contribution < -0.4 is 5.32 Å². The van der Waals surface area contributed by atoms with Crippen LogP contribution in [0.2, 0.25) is 0 Å². The number of ether oxygens (including phenoxy) is 1. The Morgan fingerprint density at radius 3 is 2.65 bits per heavy atom. The van der Waals surface area contributed by atoms with Gasteiger partial charge in [-0.1, -0.05) is 39.0 Å². The van der Waals surface area contributed by atoms with E-state index in [4.69, 9.17) is 9.84 Å². The average molecular weight is 285 g/mol. The van der Waals surface area contributed by atoms with Gasteiger partial charge in [-0.15, -0.1) is 0 Å². The van der Waals surface area contributed by atoms with E-state index in [0.29, 0.717) is 6.42 Å². The normalized spacial score (nSPS) is 23.6. The molecule has 0 aromatic heterocycles. The van der Waals surface area contributed by atoms with Gasteiger partial charge in [0.25, 0.3) is 0 Å². The summed E-state index contributed by atoms with van der Waals surface area (Å²) in [6.07, 6.45) is 8.73. The van der Waals surface area contributed by atoms with Crippen LogP contribution in [-0.2, 0) is 14.3 Å². The fourth-order valence-corrected chi connectivity index (χ4v) is 2.49. The molecule has 1 heterocycles. The highest BCUT2D eigenvalue weighted by Gasteiger charge is 2.35. The van der Waals surface area contributed by atoms with E-state index in [9.17, 15) is 9.59 Å².